The van der Waals surface area contributed by atoms with Crippen molar-refractivity contribution in [3.8, 4) is 22.8 Å². The van der Waals surface area contributed by atoms with Crippen LogP contribution in [0.1, 0.15) is 31.7 Å². The summed E-state index contributed by atoms with van der Waals surface area (Å²) in [5, 5.41) is 5.68. The van der Waals surface area contributed by atoms with Gasteiger partial charge >= 0.3 is 0 Å². The Morgan fingerprint density at radius 3 is 2.28 bits per heavy atom. The highest BCUT2D eigenvalue weighted by Gasteiger charge is 2.37. The van der Waals surface area contributed by atoms with Gasteiger partial charge in [0.05, 0.1) is 22.9 Å². The lowest BCUT2D eigenvalue weighted by Crippen LogP contribution is -2.42. The molecule has 1 aliphatic carbocycles. The molecule has 7 rings (SSSR count). The lowest BCUT2D eigenvalue weighted by Gasteiger charge is -2.34. The second kappa shape index (κ2) is 12.3. The van der Waals surface area contributed by atoms with Gasteiger partial charge in [-0.3, -0.25) is 9.69 Å². The number of nitrogen functional groups attached to an aromatic ring is 1. The van der Waals surface area contributed by atoms with Crippen molar-refractivity contribution in [3.63, 3.8) is 0 Å². The maximum Gasteiger partial charge on any atom is 0.239 e. The van der Waals surface area contributed by atoms with E-state index < -0.39 is 40.6 Å². The van der Waals surface area contributed by atoms with Crippen LogP contribution in [0.25, 0.3) is 22.3 Å². The molecule has 3 heterocycles. The van der Waals surface area contributed by atoms with Crippen LogP contribution >= 0.6 is 11.8 Å². The molecule has 2 aromatic heterocycles. The van der Waals surface area contributed by atoms with E-state index in [2.05, 4.69) is 9.97 Å². The van der Waals surface area contributed by atoms with E-state index in [0.29, 0.717) is 47.6 Å². The molecule has 0 bridgehead atoms. The molecule has 0 spiro atoms. The largest absolute Gasteiger partial charge is 0.451 e. The zero-order valence-corrected chi connectivity index (χ0v) is 25.2. The highest BCUT2D eigenvalue weighted by atomic mass is 32.2. The number of fused-ring (bicyclic) bond motifs is 1. The molecule has 1 saturated heterocycles. The third-order valence-electron chi connectivity index (χ3n) is 8.16. The molecule has 5 aromatic rings. The number of ether oxygens (including phenoxy) is 1. The van der Waals surface area contributed by atoms with E-state index in [0.717, 1.165) is 11.8 Å². The maximum absolute atomic E-state index is 15.6. The predicted octanol–water partition coefficient (Wildman–Crippen LogP) is 7.31. The zero-order valence-electron chi connectivity index (χ0n) is 24.3. The summed E-state index contributed by atoms with van der Waals surface area (Å²) in [5.74, 6) is -9.11. The number of hydrogen-bond donors (Lipinski definition) is 1. The number of amides is 1. The Bertz CT molecular complexity index is 2030. The minimum atomic E-state index is -1.76. The molecule has 1 amide bonds. The van der Waals surface area contributed by atoms with Crippen LogP contribution in [-0.2, 0) is 4.79 Å². The summed E-state index contributed by atoms with van der Waals surface area (Å²) in [6.45, 7) is 0. The Labute approximate surface area is 268 Å². The second-order valence-electron chi connectivity index (χ2n) is 11.0. The van der Waals surface area contributed by atoms with E-state index in [9.17, 15) is 22.4 Å². The van der Waals surface area contributed by atoms with Crippen molar-refractivity contribution in [2.24, 2.45) is 4.99 Å². The van der Waals surface area contributed by atoms with Crippen molar-refractivity contribution in [2.45, 2.75) is 37.8 Å². The summed E-state index contributed by atoms with van der Waals surface area (Å²) >= 11 is 1.42. The smallest absolute Gasteiger partial charge is 0.239 e. The van der Waals surface area contributed by atoms with Crippen molar-refractivity contribution < 1.29 is 31.5 Å². The van der Waals surface area contributed by atoms with Gasteiger partial charge in [0.1, 0.15) is 29.4 Å². The lowest BCUT2D eigenvalue weighted by molar-refractivity contribution is -0.126. The average Bonchev–Trinajstić information content (AvgIpc) is 3.63. The summed E-state index contributed by atoms with van der Waals surface area (Å²) in [5.41, 5.74) is 7.46. The van der Waals surface area contributed by atoms with E-state index in [4.69, 9.17) is 20.6 Å². The van der Waals surface area contributed by atoms with Gasteiger partial charge in [-0.25, -0.2) is 32.8 Å². The van der Waals surface area contributed by atoms with E-state index in [-0.39, 0.29) is 41.1 Å². The number of carbonyl (C=O) groups excluding carboxylic acids is 1. The summed E-state index contributed by atoms with van der Waals surface area (Å²) in [4.78, 5) is 27.8. The van der Waals surface area contributed by atoms with Crippen LogP contribution in [0.4, 0.5) is 33.5 Å². The summed E-state index contributed by atoms with van der Waals surface area (Å²) < 4.78 is 77.8. The molecule has 2 N–H and O–H groups in total. The van der Waals surface area contributed by atoms with Crippen LogP contribution in [0, 0.1) is 29.1 Å². The number of halogens is 5. The Balaban J connectivity index is 1.16. The van der Waals surface area contributed by atoms with Crippen LogP contribution in [0.3, 0.4) is 0 Å². The quantitative estimate of drug-likeness (QED) is 0.150. The molecule has 0 unspecified atom stereocenters. The van der Waals surface area contributed by atoms with Crippen LogP contribution in [0.5, 0.6) is 11.5 Å². The van der Waals surface area contributed by atoms with E-state index in [1.165, 1.54) is 30.2 Å². The average molecular weight is 666 g/mol. The Hall–Kier alpha value is -5.05. The molecule has 1 saturated carbocycles. The Morgan fingerprint density at radius 2 is 1.57 bits per heavy atom. The number of aliphatic imine (C=N–C) groups is 1. The van der Waals surface area contributed by atoms with Gasteiger partial charge in [-0.2, -0.15) is 13.9 Å². The number of benzene rings is 3. The Morgan fingerprint density at radius 1 is 0.872 bits per heavy atom. The van der Waals surface area contributed by atoms with Crippen LogP contribution in [0.2, 0.25) is 0 Å². The fraction of sp³-hybridized carbons (Fsp3) is 0.219. The molecule has 1 aliphatic heterocycles. The number of thioether (sulfide) groups is 1. The van der Waals surface area contributed by atoms with Crippen molar-refractivity contribution in [1.82, 2.24) is 24.6 Å². The number of nitrogens with two attached hydrogens (primary N) is 1. The number of rotatable bonds is 6. The van der Waals surface area contributed by atoms with Gasteiger partial charge in [-0.1, -0.05) is 30.0 Å². The van der Waals surface area contributed by atoms with E-state index in [1.807, 2.05) is 30.3 Å². The lowest BCUT2D eigenvalue weighted by atomic mass is 9.90. The second-order valence-corrected chi connectivity index (χ2v) is 12.0. The highest BCUT2D eigenvalue weighted by Crippen LogP contribution is 2.40. The molecule has 0 radical (unpaired) electrons. The maximum atomic E-state index is 15.6. The standard InChI is InChI=1S/C32H24F5N7O2S/c33-21-12-19(46-29-26(36)22(34)13-23(35)27(29)37)10-11-20(21)28-25-30(38)39-15-40-31(25)44(42-28)18-8-6-17(7-9-18)43-24(45)14-47-32(43)41-16-4-2-1-3-5-16/h1-5,10-13,15,17-18H,6-9,14H2,(H2,38,39,40)/b41-32+. The fourth-order valence-corrected chi connectivity index (χ4v) is 6.89. The van der Waals surface area contributed by atoms with Gasteiger partial charge in [-0.15, -0.1) is 0 Å². The molecule has 3 aromatic carbocycles. The van der Waals surface area contributed by atoms with Gasteiger partial charge in [0.15, 0.2) is 22.4 Å². The summed E-state index contributed by atoms with van der Waals surface area (Å²) in [6, 6.07) is 12.5. The normalized spacial score (nSPS) is 19.2. The van der Waals surface area contributed by atoms with Gasteiger partial charge in [0, 0.05) is 23.7 Å². The first-order valence-corrected chi connectivity index (χ1v) is 15.6. The Kier molecular flexibility index (Phi) is 7.99. The molecule has 0 atom stereocenters. The SMILES string of the molecule is Nc1ncnc2c1c(-c1ccc(Oc3c(F)c(F)cc(F)c3F)cc1F)nn2C1CCC(N2C(=O)CS/C2=N/c2ccccc2)CC1. The first kappa shape index (κ1) is 30.6. The van der Waals surface area contributed by atoms with Crippen LogP contribution < -0.4 is 10.5 Å². The summed E-state index contributed by atoms with van der Waals surface area (Å²) in [6.07, 6.45) is 3.88. The number of nitrogens with zero attached hydrogens (tertiary/aromatic N) is 6. The molecule has 15 heteroatoms. The molecule has 9 nitrogen and oxygen atoms in total. The first-order valence-electron chi connectivity index (χ1n) is 14.6. The molecule has 2 aliphatic rings. The number of aromatic nitrogens is 4. The number of amidine groups is 1. The predicted molar refractivity (Wildman–Crippen MR) is 166 cm³/mol. The van der Waals surface area contributed by atoms with Crippen molar-refractivity contribution in [1.29, 1.82) is 0 Å². The molecule has 2 fully saturated rings. The highest BCUT2D eigenvalue weighted by molar-refractivity contribution is 8.15. The van der Waals surface area contributed by atoms with Crippen molar-refractivity contribution >= 4 is 45.4 Å². The molecular weight excluding hydrogens is 641 g/mol. The topological polar surface area (TPSA) is 112 Å². The monoisotopic (exact) mass is 665 g/mol. The van der Waals surface area contributed by atoms with Crippen LogP contribution in [-0.4, -0.2) is 47.5 Å². The third kappa shape index (κ3) is 5.64. The molecule has 47 heavy (non-hydrogen) atoms. The van der Waals surface area contributed by atoms with E-state index in [1.54, 1.807) is 9.58 Å². The van der Waals surface area contributed by atoms with Crippen LogP contribution in [0.15, 0.2) is 65.9 Å². The van der Waals surface area contributed by atoms with Gasteiger partial charge in [0.25, 0.3) is 0 Å². The third-order valence-corrected chi connectivity index (χ3v) is 9.10. The van der Waals surface area contributed by atoms with E-state index >= 15 is 4.39 Å². The minimum Gasteiger partial charge on any atom is -0.451 e. The van der Waals surface area contributed by atoms with Crippen molar-refractivity contribution in [3.05, 3.63) is 90.0 Å². The number of anilines is 1. The zero-order chi connectivity index (χ0) is 32.8. The number of hydrogen-bond acceptors (Lipinski definition) is 8. The number of para-hydroxylation sites is 1. The number of carbonyl (C=O) groups is 1. The molecular formula is C32H24F5N7O2S. The fourth-order valence-electron chi connectivity index (χ4n) is 5.94. The van der Waals surface area contributed by atoms with Gasteiger partial charge < -0.3 is 10.5 Å². The van der Waals surface area contributed by atoms with Gasteiger partial charge in [-0.05, 0) is 49.9 Å². The first-order chi connectivity index (χ1) is 22.7. The van der Waals surface area contributed by atoms with Crippen molar-refractivity contribution in [2.75, 3.05) is 11.5 Å². The molecule has 240 valence electrons. The van der Waals surface area contributed by atoms with Gasteiger partial charge in [0.2, 0.25) is 23.3 Å². The minimum absolute atomic E-state index is 0.0105. The summed E-state index contributed by atoms with van der Waals surface area (Å²) in [7, 11) is 0.